The van der Waals surface area contributed by atoms with Crippen LogP contribution in [0.2, 0.25) is 0 Å². The molecule has 1 aliphatic rings. The Hall–Kier alpha value is -1.36. The van der Waals surface area contributed by atoms with Crippen LogP contribution in [0.5, 0.6) is 0 Å². The first-order chi connectivity index (χ1) is 10.6. The average molecular weight is 306 g/mol. The van der Waals surface area contributed by atoms with Crippen LogP contribution in [0.3, 0.4) is 0 Å². The zero-order valence-corrected chi connectivity index (χ0v) is 14.5. The van der Waals surface area contributed by atoms with Crippen molar-refractivity contribution in [3.63, 3.8) is 0 Å². The summed E-state index contributed by atoms with van der Waals surface area (Å²) in [6.07, 6.45) is 3.09. The zero-order valence-electron chi connectivity index (χ0n) is 14.5. The van der Waals surface area contributed by atoms with E-state index in [-0.39, 0.29) is 5.91 Å². The molecule has 1 aliphatic heterocycles. The normalized spacial score (nSPS) is 16.5. The molecule has 1 aromatic rings. The highest BCUT2D eigenvalue weighted by atomic mass is 16.2. The van der Waals surface area contributed by atoms with Crippen LogP contribution in [-0.2, 0) is 13.5 Å². The number of carbonyl (C=O) groups is 1. The van der Waals surface area contributed by atoms with Gasteiger partial charge >= 0.3 is 0 Å². The van der Waals surface area contributed by atoms with Crippen LogP contribution in [0.4, 0.5) is 0 Å². The van der Waals surface area contributed by atoms with Crippen molar-refractivity contribution in [3.8, 4) is 0 Å². The Labute approximate surface area is 134 Å². The molecule has 1 saturated heterocycles. The van der Waals surface area contributed by atoms with Crippen molar-refractivity contribution in [1.29, 1.82) is 0 Å². The van der Waals surface area contributed by atoms with Gasteiger partial charge in [0.1, 0.15) is 5.69 Å². The Kier molecular flexibility index (Phi) is 6.00. The molecule has 1 aromatic heterocycles. The van der Waals surface area contributed by atoms with Crippen molar-refractivity contribution < 1.29 is 4.79 Å². The van der Waals surface area contributed by atoms with Gasteiger partial charge in [-0.1, -0.05) is 20.8 Å². The predicted octanol–water partition coefficient (Wildman–Crippen LogP) is 2.18. The van der Waals surface area contributed by atoms with Gasteiger partial charge in [-0.3, -0.25) is 9.48 Å². The van der Waals surface area contributed by atoms with Crippen molar-refractivity contribution in [2.24, 2.45) is 13.0 Å². The molecule has 0 bridgehead atoms. The third kappa shape index (κ3) is 3.88. The van der Waals surface area contributed by atoms with Crippen LogP contribution in [0.25, 0.3) is 0 Å². The Morgan fingerprint density at radius 1 is 1.27 bits per heavy atom. The molecule has 22 heavy (non-hydrogen) atoms. The monoisotopic (exact) mass is 306 g/mol. The van der Waals surface area contributed by atoms with E-state index in [1.807, 2.05) is 18.0 Å². The van der Waals surface area contributed by atoms with Crippen LogP contribution >= 0.6 is 0 Å². The maximum absolute atomic E-state index is 12.6. The molecule has 0 unspecified atom stereocenters. The van der Waals surface area contributed by atoms with Gasteiger partial charge in [0.25, 0.3) is 5.91 Å². The van der Waals surface area contributed by atoms with E-state index in [0.29, 0.717) is 0 Å². The van der Waals surface area contributed by atoms with Crippen molar-refractivity contribution in [2.45, 2.75) is 40.0 Å². The Bertz CT molecular complexity index is 485. The topological polar surface area (TPSA) is 41.4 Å². The summed E-state index contributed by atoms with van der Waals surface area (Å²) in [6.45, 7) is 11.6. The molecular formula is C17H30N4O. The van der Waals surface area contributed by atoms with Gasteiger partial charge in [0, 0.05) is 26.7 Å². The molecule has 0 saturated carbocycles. The highest BCUT2D eigenvalue weighted by Crippen LogP contribution is 2.20. The molecule has 0 radical (unpaired) electrons. The van der Waals surface area contributed by atoms with E-state index >= 15 is 0 Å². The summed E-state index contributed by atoms with van der Waals surface area (Å²) in [6, 6.07) is 1.93. The van der Waals surface area contributed by atoms with Gasteiger partial charge in [-0.15, -0.1) is 0 Å². The number of aromatic nitrogens is 2. The minimum atomic E-state index is 0.135. The molecule has 0 N–H and O–H groups in total. The quantitative estimate of drug-likeness (QED) is 0.809. The van der Waals surface area contributed by atoms with E-state index < -0.39 is 0 Å². The number of aryl methyl sites for hydroxylation is 2. The second kappa shape index (κ2) is 7.77. The van der Waals surface area contributed by atoms with Crippen molar-refractivity contribution >= 4 is 5.91 Å². The van der Waals surface area contributed by atoms with E-state index in [4.69, 9.17) is 0 Å². The van der Waals surface area contributed by atoms with Crippen molar-refractivity contribution in [1.82, 2.24) is 19.6 Å². The van der Waals surface area contributed by atoms with Crippen LogP contribution < -0.4 is 0 Å². The molecule has 0 aliphatic carbocycles. The Morgan fingerprint density at radius 2 is 1.91 bits per heavy atom. The first-order valence-corrected chi connectivity index (χ1v) is 8.63. The smallest absolute Gasteiger partial charge is 0.272 e. The SMILES string of the molecule is CCc1cc(C(=O)N2CCC(CN(CC)CC)CC2)n(C)n1. The summed E-state index contributed by atoms with van der Waals surface area (Å²) in [5.41, 5.74) is 1.71. The lowest BCUT2D eigenvalue weighted by atomic mass is 9.96. The van der Waals surface area contributed by atoms with Crippen molar-refractivity contribution in [3.05, 3.63) is 17.5 Å². The molecule has 2 rings (SSSR count). The first-order valence-electron chi connectivity index (χ1n) is 8.63. The number of carbonyl (C=O) groups excluding carboxylic acids is 1. The fourth-order valence-electron chi connectivity index (χ4n) is 3.23. The van der Waals surface area contributed by atoms with Gasteiger partial charge in [0.2, 0.25) is 0 Å². The van der Waals surface area contributed by atoms with Gasteiger partial charge in [-0.25, -0.2) is 0 Å². The van der Waals surface area contributed by atoms with E-state index in [1.165, 1.54) is 6.54 Å². The maximum Gasteiger partial charge on any atom is 0.272 e. The lowest BCUT2D eigenvalue weighted by Gasteiger charge is -2.34. The number of hydrogen-bond acceptors (Lipinski definition) is 3. The third-order valence-corrected chi connectivity index (χ3v) is 4.82. The Balaban J connectivity index is 1.90. The van der Waals surface area contributed by atoms with Crippen LogP contribution in [-0.4, -0.2) is 58.2 Å². The van der Waals surface area contributed by atoms with Gasteiger partial charge in [-0.2, -0.15) is 5.10 Å². The summed E-state index contributed by atoms with van der Waals surface area (Å²) >= 11 is 0. The van der Waals surface area contributed by atoms with E-state index in [9.17, 15) is 4.79 Å². The zero-order chi connectivity index (χ0) is 16.1. The maximum atomic E-state index is 12.6. The van der Waals surface area contributed by atoms with Crippen molar-refractivity contribution in [2.75, 3.05) is 32.7 Å². The second-order valence-electron chi connectivity index (χ2n) is 6.22. The minimum absolute atomic E-state index is 0.135. The number of hydrogen-bond donors (Lipinski definition) is 0. The van der Waals surface area contributed by atoms with E-state index in [2.05, 4.69) is 30.8 Å². The number of piperidine rings is 1. The molecule has 5 heteroatoms. The largest absolute Gasteiger partial charge is 0.337 e. The molecule has 0 spiro atoms. The molecule has 124 valence electrons. The summed E-state index contributed by atoms with van der Waals surface area (Å²) < 4.78 is 1.73. The number of amides is 1. The number of likely N-dealkylation sites (tertiary alicyclic amines) is 1. The summed E-state index contributed by atoms with van der Waals surface area (Å²) in [5.74, 6) is 0.859. The molecule has 0 atom stereocenters. The van der Waals surface area contributed by atoms with E-state index in [0.717, 1.165) is 62.7 Å². The third-order valence-electron chi connectivity index (χ3n) is 4.82. The van der Waals surface area contributed by atoms with Crippen LogP contribution in [0, 0.1) is 5.92 Å². The standard InChI is InChI=1S/C17H30N4O/c1-5-15-12-16(19(4)18-15)17(22)21-10-8-14(9-11-21)13-20(6-2)7-3/h12,14H,5-11,13H2,1-4H3. The minimum Gasteiger partial charge on any atom is -0.337 e. The summed E-state index contributed by atoms with van der Waals surface area (Å²) in [5, 5.41) is 4.38. The van der Waals surface area contributed by atoms with Crippen LogP contribution in [0.15, 0.2) is 6.07 Å². The van der Waals surface area contributed by atoms with Crippen LogP contribution in [0.1, 0.15) is 49.8 Å². The second-order valence-corrected chi connectivity index (χ2v) is 6.22. The summed E-state index contributed by atoms with van der Waals surface area (Å²) in [7, 11) is 1.86. The fourth-order valence-corrected chi connectivity index (χ4v) is 3.23. The van der Waals surface area contributed by atoms with E-state index in [1.54, 1.807) is 4.68 Å². The number of nitrogens with zero attached hydrogens (tertiary/aromatic N) is 4. The lowest BCUT2D eigenvalue weighted by molar-refractivity contribution is 0.0658. The highest BCUT2D eigenvalue weighted by molar-refractivity contribution is 5.92. The number of rotatable bonds is 6. The van der Waals surface area contributed by atoms with Gasteiger partial charge in [0.05, 0.1) is 5.69 Å². The fraction of sp³-hybridized carbons (Fsp3) is 0.765. The highest BCUT2D eigenvalue weighted by Gasteiger charge is 2.26. The molecule has 0 aromatic carbocycles. The van der Waals surface area contributed by atoms with Gasteiger partial charge < -0.3 is 9.80 Å². The van der Waals surface area contributed by atoms with Gasteiger partial charge in [-0.05, 0) is 44.3 Å². The molecule has 1 amide bonds. The first kappa shape index (κ1) is 17.0. The van der Waals surface area contributed by atoms with Gasteiger partial charge in [0.15, 0.2) is 0 Å². The summed E-state index contributed by atoms with van der Waals surface area (Å²) in [4.78, 5) is 17.1. The molecule has 5 nitrogen and oxygen atoms in total. The Morgan fingerprint density at radius 3 is 2.41 bits per heavy atom. The average Bonchev–Trinajstić information content (AvgIpc) is 2.93. The molecular weight excluding hydrogens is 276 g/mol. The lowest BCUT2D eigenvalue weighted by Crippen LogP contribution is -2.42. The predicted molar refractivity (Wildman–Crippen MR) is 89.0 cm³/mol. The molecule has 1 fully saturated rings. The molecule has 2 heterocycles.